The van der Waals surface area contributed by atoms with Crippen molar-refractivity contribution < 1.29 is 13.2 Å². The van der Waals surface area contributed by atoms with Gasteiger partial charge in [0.05, 0.1) is 7.11 Å². The highest BCUT2D eigenvalue weighted by Crippen LogP contribution is 2.27. The van der Waals surface area contributed by atoms with Crippen molar-refractivity contribution >= 4 is 10.0 Å². The average molecular weight is 300 g/mol. The Bertz CT molecular complexity index is 570. The molecular weight excluding hydrogens is 276 g/mol. The molecule has 0 saturated carbocycles. The molecule has 1 aromatic carbocycles. The predicted molar refractivity (Wildman–Crippen MR) is 80.3 cm³/mol. The van der Waals surface area contributed by atoms with Crippen LogP contribution in [-0.4, -0.2) is 27.6 Å². The van der Waals surface area contributed by atoms with E-state index in [1.165, 1.54) is 7.11 Å². The third-order valence-corrected chi connectivity index (χ3v) is 5.31. The van der Waals surface area contributed by atoms with Gasteiger partial charge in [-0.15, -0.1) is 0 Å². The zero-order valence-corrected chi connectivity index (χ0v) is 13.5. The number of hydrogen-bond donors (Lipinski definition) is 2. The molecule has 0 aliphatic heterocycles. The lowest BCUT2D eigenvalue weighted by Gasteiger charge is -2.33. The lowest BCUT2D eigenvalue weighted by molar-refractivity contribution is 0.314. The number of benzene rings is 1. The van der Waals surface area contributed by atoms with E-state index in [1.54, 1.807) is 19.1 Å². The second-order valence-electron chi connectivity index (χ2n) is 5.54. The Balaban J connectivity index is 3.27. The van der Waals surface area contributed by atoms with Gasteiger partial charge in [0.15, 0.2) is 0 Å². The maximum absolute atomic E-state index is 12.6. The van der Waals surface area contributed by atoms with Crippen molar-refractivity contribution in [2.75, 3.05) is 13.7 Å². The fraction of sp³-hybridized carbons (Fsp3) is 0.571. The van der Waals surface area contributed by atoms with Crippen LogP contribution < -0.4 is 15.2 Å². The van der Waals surface area contributed by atoms with E-state index in [1.807, 2.05) is 26.8 Å². The molecule has 20 heavy (non-hydrogen) atoms. The Labute approximate surface area is 121 Å². The second kappa shape index (κ2) is 6.11. The minimum Gasteiger partial charge on any atom is -0.495 e. The first kappa shape index (κ1) is 16.9. The molecule has 5 nitrogen and oxygen atoms in total. The van der Waals surface area contributed by atoms with Gasteiger partial charge in [-0.25, -0.2) is 13.1 Å². The monoisotopic (exact) mass is 300 g/mol. The van der Waals surface area contributed by atoms with Gasteiger partial charge in [-0.05, 0) is 37.5 Å². The van der Waals surface area contributed by atoms with Gasteiger partial charge in [0.25, 0.3) is 0 Å². The second-order valence-corrected chi connectivity index (χ2v) is 7.19. The third-order valence-electron chi connectivity index (χ3n) is 3.67. The van der Waals surface area contributed by atoms with E-state index in [0.717, 1.165) is 5.56 Å². The first-order chi connectivity index (χ1) is 9.16. The fourth-order valence-corrected chi connectivity index (χ4v) is 3.55. The molecule has 1 aromatic rings. The Morgan fingerprint density at radius 1 is 1.40 bits per heavy atom. The summed E-state index contributed by atoms with van der Waals surface area (Å²) in [6.45, 7) is 7.73. The number of methoxy groups -OCH3 is 1. The molecule has 0 aliphatic carbocycles. The normalized spacial score (nSPS) is 15.2. The molecule has 3 N–H and O–H groups in total. The van der Waals surface area contributed by atoms with Crippen LogP contribution in [0.25, 0.3) is 0 Å². The molecular formula is C14H24N2O3S. The Morgan fingerprint density at radius 2 is 2.00 bits per heavy atom. The van der Waals surface area contributed by atoms with E-state index in [9.17, 15) is 8.42 Å². The molecule has 0 heterocycles. The van der Waals surface area contributed by atoms with Gasteiger partial charge in [0, 0.05) is 12.1 Å². The van der Waals surface area contributed by atoms with Crippen LogP contribution in [0.3, 0.4) is 0 Å². The van der Waals surface area contributed by atoms with E-state index < -0.39 is 15.6 Å². The predicted octanol–water partition coefficient (Wildman–Crippen LogP) is 1.66. The molecule has 6 heteroatoms. The quantitative estimate of drug-likeness (QED) is 0.837. The fourth-order valence-electron chi connectivity index (χ4n) is 1.75. The van der Waals surface area contributed by atoms with Crippen molar-refractivity contribution in [1.29, 1.82) is 0 Å². The van der Waals surface area contributed by atoms with E-state index >= 15 is 0 Å². The summed E-state index contributed by atoms with van der Waals surface area (Å²) in [6, 6.07) is 5.06. The van der Waals surface area contributed by atoms with Gasteiger partial charge < -0.3 is 10.5 Å². The zero-order chi connectivity index (χ0) is 15.6. The van der Waals surface area contributed by atoms with Crippen LogP contribution in [0.2, 0.25) is 0 Å². The summed E-state index contributed by atoms with van der Waals surface area (Å²) in [5, 5.41) is 0. The molecule has 0 amide bonds. The molecule has 0 saturated heterocycles. The van der Waals surface area contributed by atoms with Crippen LogP contribution in [0, 0.1) is 12.8 Å². The average Bonchev–Trinajstić information content (AvgIpc) is 2.37. The third kappa shape index (κ3) is 3.50. The maximum Gasteiger partial charge on any atom is 0.244 e. The molecule has 114 valence electrons. The molecule has 0 aliphatic rings. The summed E-state index contributed by atoms with van der Waals surface area (Å²) in [7, 11) is -2.24. The minimum absolute atomic E-state index is 0.0677. The first-order valence-corrected chi connectivity index (χ1v) is 8.03. The molecule has 0 spiro atoms. The lowest BCUT2D eigenvalue weighted by Crippen LogP contribution is -2.54. The molecule has 0 fully saturated rings. The van der Waals surface area contributed by atoms with Crippen molar-refractivity contribution in [2.24, 2.45) is 11.7 Å². The first-order valence-electron chi connectivity index (χ1n) is 6.55. The van der Waals surface area contributed by atoms with Crippen molar-refractivity contribution in [1.82, 2.24) is 4.72 Å². The summed E-state index contributed by atoms with van der Waals surface area (Å²) >= 11 is 0. The molecule has 0 bridgehead atoms. The smallest absolute Gasteiger partial charge is 0.244 e. The Kier molecular flexibility index (Phi) is 5.18. The molecule has 0 radical (unpaired) electrons. The summed E-state index contributed by atoms with van der Waals surface area (Å²) < 4.78 is 33.0. The van der Waals surface area contributed by atoms with E-state index in [-0.39, 0.29) is 17.4 Å². The van der Waals surface area contributed by atoms with Gasteiger partial charge in [0.1, 0.15) is 10.6 Å². The summed E-state index contributed by atoms with van der Waals surface area (Å²) in [5.41, 5.74) is 5.89. The van der Waals surface area contributed by atoms with Crippen molar-refractivity contribution in [3.8, 4) is 5.75 Å². The van der Waals surface area contributed by atoms with Crippen molar-refractivity contribution in [3.05, 3.63) is 23.8 Å². The number of sulfonamides is 1. The molecule has 1 atom stereocenters. The SMILES string of the molecule is COc1ccc(C)cc1S(=O)(=O)NC(C)(CN)C(C)C. The highest BCUT2D eigenvalue weighted by atomic mass is 32.2. The number of aryl methyl sites for hydroxylation is 1. The van der Waals surface area contributed by atoms with Crippen LogP contribution in [0.15, 0.2) is 23.1 Å². The maximum atomic E-state index is 12.6. The Hall–Kier alpha value is -1.11. The van der Waals surface area contributed by atoms with Crippen molar-refractivity contribution in [3.63, 3.8) is 0 Å². The Morgan fingerprint density at radius 3 is 2.45 bits per heavy atom. The van der Waals surface area contributed by atoms with E-state index in [0.29, 0.717) is 5.75 Å². The standard InChI is InChI=1S/C14H24N2O3S/c1-10(2)14(4,9-15)16-20(17,18)13-8-11(3)6-7-12(13)19-5/h6-8,10,16H,9,15H2,1-5H3. The highest BCUT2D eigenvalue weighted by molar-refractivity contribution is 7.89. The van der Waals surface area contributed by atoms with Gasteiger partial charge >= 0.3 is 0 Å². The van der Waals surface area contributed by atoms with Crippen molar-refractivity contribution in [2.45, 2.75) is 38.1 Å². The number of nitrogens with two attached hydrogens (primary N) is 1. The number of nitrogens with one attached hydrogen (secondary N) is 1. The summed E-state index contributed by atoms with van der Waals surface area (Å²) in [6.07, 6.45) is 0. The highest BCUT2D eigenvalue weighted by Gasteiger charge is 2.33. The molecule has 1 unspecified atom stereocenters. The van der Waals surface area contributed by atoms with E-state index in [4.69, 9.17) is 10.5 Å². The minimum atomic E-state index is -3.70. The van der Waals surface area contributed by atoms with Crippen LogP contribution in [-0.2, 0) is 10.0 Å². The number of rotatable bonds is 6. The van der Waals surface area contributed by atoms with E-state index in [2.05, 4.69) is 4.72 Å². The number of hydrogen-bond acceptors (Lipinski definition) is 4. The topological polar surface area (TPSA) is 81.4 Å². The summed E-state index contributed by atoms with van der Waals surface area (Å²) in [4.78, 5) is 0.139. The van der Waals surface area contributed by atoms with Crippen LogP contribution in [0.4, 0.5) is 0 Å². The summed E-state index contributed by atoms with van der Waals surface area (Å²) in [5.74, 6) is 0.393. The zero-order valence-electron chi connectivity index (χ0n) is 12.7. The molecule has 0 aromatic heterocycles. The van der Waals surface area contributed by atoms with Crippen LogP contribution in [0.1, 0.15) is 26.3 Å². The van der Waals surface area contributed by atoms with Gasteiger partial charge in [-0.2, -0.15) is 0 Å². The lowest BCUT2D eigenvalue weighted by atomic mass is 9.90. The van der Waals surface area contributed by atoms with Gasteiger partial charge in [-0.3, -0.25) is 0 Å². The van der Waals surface area contributed by atoms with Crippen LogP contribution in [0.5, 0.6) is 5.75 Å². The largest absolute Gasteiger partial charge is 0.495 e. The molecule has 1 rings (SSSR count). The van der Waals surface area contributed by atoms with Gasteiger partial charge in [-0.1, -0.05) is 19.9 Å². The van der Waals surface area contributed by atoms with Crippen LogP contribution >= 0.6 is 0 Å². The number of ether oxygens (including phenoxy) is 1. The van der Waals surface area contributed by atoms with Gasteiger partial charge in [0.2, 0.25) is 10.0 Å².